The number of aromatic nitrogens is 1. The van der Waals surface area contributed by atoms with E-state index in [4.69, 9.17) is 5.21 Å². The number of pyridine rings is 1. The first-order valence-electron chi connectivity index (χ1n) is 6.18. The molecule has 5 nitrogen and oxygen atoms in total. The summed E-state index contributed by atoms with van der Waals surface area (Å²) in [6.45, 7) is 0. The Balaban J connectivity index is 1.96. The Morgan fingerprint density at radius 3 is 2.90 bits per heavy atom. The predicted octanol–water partition coefficient (Wildman–Crippen LogP) is 2.55. The summed E-state index contributed by atoms with van der Waals surface area (Å²) in [6, 6.07) is 11.7. The molecule has 3 rings (SSSR count). The first kappa shape index (κ1) is 13.0. The van der Waals surface area contributed by atoms with Gasteiger partial charge in [-0.15, -0.1) is 0 Å². The van der Waals surface area contributed by atoms with Crippen LogP contribution < -0.4 is 9.79 Å². The summed E-state index contributed by atoms with van der Waals surface area (Å²) >= 11 is 1.56. The van der Waals surface area contributed by atoms with Crippen LogP contribution in [0.2, 0.25) is 0 Å². The average molecular weight is 287 g/mol. The van der Waals surface area contributed by atoms with E-state index in [1.165, 1.54) is 0 Å². The highest BCUT2D eigenvalue weighted by atomic mass is 32.2. The highest BCUT2D eigenvalue weighted by molar-refractivity contribution is 8.01. The molecule has 6 heteroatoms. The highest BCUT2D eigenvalue weighted by Gasteiger charge is 2.33. The second kappa shape index (κ2) is 5.52. The number of benzene rings is 1. The van der Waals surface area contributed by atoms with Crippen LogP contribution in [0.15, 0.2) is 53.7 Å². The number of fused-ring (bicyclic) bond motifs is 1. The number of rotatable bonds is 3. The van der Waals surface area contributed by atoms with E-state index in [0.29, 0.717) is 0 Å². The fourth-order valence-electron chi connectivity index (χ4n) is 2.26. The van der Waals surface area contributed by atoms with E-state index in [1.807, 2.05) is 36.4 Å². The number of nitrogens with one attached hydrogen (secondary N) is 1. The second-order valence-electron chi connectivity index (χ2n) is 4.42. The van der Waals surface area contributed by atoms with Crippen LogP contribution in [0.3, 0.4) is 0 Å². The quantitative estimate of drug-likeness (QED) is 0.516. The van der Waals surface area contributed by atoms with Crippen LogP contribution in [0, 0.1) is 0 Å². The number of hydroxylamine groups is 1. The summed E-state index contributed by atoms with van der Waals surface area (Å²) in [5, 5.41) is 8.76. The van der Waals surface area contributed by atoms with Crippen LogP contribution in [0.1, 0.15) is 18.0 Å². The number of hydrogen-bond acceptors (Lipinski definition) is 5. The molecule has 1 atom stereocenters. The molecule has 1 aliphatic rings. The van der Waals surface area contributed by atoms with Crippen molar-refractivity contribution in [3.05, 3.63) is 54.4 Å². The summed E-state index contributed by atoms with van der Waals surface area (Å²) < 4.78 is 2.07. The number of anilines is 1. The molecule has 0 bridgehead atoms. The van der Waals surface area contributed by atoms with Crippen molar-refractivity contribution in [1.29, 1.82) is 0 Å². The van der Waals surface area contributed by atoms with E-state index in [2.05, 4.69) is 9.29 Å². The van der Waals surface area contributed by atoms with E-state index in [9.17, 15) is 4.79 Å². The molecule has 0 spiro atoms. The van der Waals surface area contributed by atoms with Crippen molar-refractivity contribution in [3.8, 4) is 0 Å². The molecule has 1 amide bonds. The van der Waals surface area contributed by atoms with Gasteiger partial charge in [0.25, 0.3) is 0 Å². The molecule has 2 aromatic rings. The van der Waals surface area contributed by atoms with Gasteiger partial charge in [-0.05, 0) is 35.7 Å². The van der Waals surface area contributed by atoms with Gasteiger partial charge in [0.1, 0.15) is 0 Å². The maximum absolute atomic E-state index is 11.5. The molecule has 1 aromatic heterocycles. The summed E-state index contributed by atoms with van der Waals surface area (Å²) in [5.41, 5.74) is 3.78. The van der Waals surface area contributed by atoms with Gasteiger partial charge in [0.05, 0.1) is 17.4 Å². The SMILES string of the molecule is O=C(CC1c2ccncc2SN1c1ccccc1)NO. The van der Waals surface area contributed by atoms with Gasteiger partial charge in [-0.3, -0.25) is 15.0 Å². The molecule has 1 unspecified atom stereocenters. The van der Waals surface area contributed by atoms with Gasteiger partial charge in [-0.2, -0.15) is 0 Å². The summed E-state index contributed by atoms with van der Waals surface area (Å²) in [6.07, 6.45) is 3.71. The Morgan fingerprint density at radius 2 is 2.15 bits per heavy atom. The molecule has 0 fully saturated rings. The Morgan fingerprint density at radius 1 is 1.35 bits per heavy atom. The molecule has 1 aromatic carbocycles. The molecule has 1 aliphatic heterocycles. The average Bonchev–Trinajstić information content (AvgIpc) is 2.87. The fourth-order valence-corrected chi connectivity index (χ4v) is 3.43. The molecular weight excluding hydrogens is 274 g/mol. The first-order chi connectivity index (χ1) is 9.79. The Kier molecular flexibility index (Phi) is 3.58. The van der Waals surface area contributed by atoms with Gasteiger partial charge in [-0.25, -0.2) is 5.48 Å². The zero-order valence-electron chi connectivity index (χ0n) is 10.6. The van der Waals surface area contributed by atoms with Crippen molar-refractivity contribution >= 4 is 23.5 Å². The van der Waals surface area contributed by atoms with Crippen molar-refractivity contribution in [2.24, 2.45) is 0 Å². The normalized spacial score (nSPS) is 16.9. The molecule has 20 heavy (non-hydrogen) atoms. The third kappa shape index (κ3) is 2.35. The maximum Gasteiger partial charge on any atom is 0.245 e. The van der Waals surface area contributed by atoms with Crippen LogP contribution in [0.25, 0.3) is 0 Å². The lowest BCUT2D eigenvalue weighted by atomic mass is 10.0. The topological polar surface area (TPSA) is 65.5 Å². The molecule has 0 saturated heterocycles. The number of para-hydroxylation sites is 1. The van der Waals surface area contributed by atoms with E-state index in [-0.39, 0.29) is 12.5 Å². The number of hydrogen-bond donors (Lipinski definition) is 2. The predicted molar refractivity (Wildman–Crippen MR) is 76.3 cm³/mol. The van der Waals surface area contributed by atoms with E-state index in [1.54, 1.807) is 29.8 Å². The second-order valence-corrected chi connectivity index (χ2v) is 5.44. The smallest absolute Gasteiger partial charge is 0.245 e. The monoisotopic (exact) mass is 287 g/mol. The number of carbonyl (C=O) groups excluding carboxylic acids is 1. The van der Waals surface area contributed by atoms with Gasteiger partial charge >= 0.3 is 0 Å². The summed E-state index contributed by atoms with van der Waals surface area (Å²) in [4.78, 5) is 16.7. The molecule has 102 valence electrons. The lowest BCUT2D eigenvalue weighted by Gasteiger charge is -2.24. The van der Waals surface area contributed by atoms with Crippen LogP contribution >= 0.6 is 11.9 Å². The van der Waals surface area contributed by atoms with Gasteiger partial charge in [0, 0.05) is 18.1 Å². The van der Waals surface area contributed by atoms with E-state index in [0.717, 1.165) is 16.1 Å². The van der Waals surface area contributed by atoms with Crippen LogP contribution in [-0.4, -0.2) is 16.1 Å². The first-order valence-corrected chi connectivity index (χ1v) is 6.96. The minimum atomic E-state index is -0.402. The summed E-state index contributed by atoms with van der Waals surface area (Å²) in [5.74, 6) is -0.402. The highest BCUT2D eigenvalue weighted by Crippen LogP contribution is 2.47. The number of carbonyl (C=O) groups is 1. The molecule has 0 saturated carbocycles. The zero-order chi connectivity index (χ0) is 13.9. The van der Waals surface area contributed by atoms with Crippen LogP contribution in [0.4, 0.5) is 5.69 Å². The zero-order valence-corrected chi connectivity index (χ0v) is 11.4. The molecule has 2 N–H and O–H groups in total. The van der Waals surface area contributed by atoms with Crippen molar-refractivity contribution < 1.29 is 10.0 Å². The standard InChI is InChI=1S/C14H13N3O2S/c18-14(16-19)8-12-11-6-7-15-9-13(11)20-17(12)10-4-2-1-3-5-10/h1-7,9,12,19H,8H2,(H,16,18). The Bertz CT molecular complexity index is 621. The van der Waals surface area contributed by atoms with Crippen molar-refractivity contribution in [2.45, 2.75) is 17.4 Å². The van der Waals surface area contributed by atoms with Crippen LogP contribution in [0.5, 0.6) is 0 Å². The van der Waals surface area contributed by atoms with Gasteiger partial charge in [0.15, 0.2) is 0 Å². The van der Waals surface area contributed by atoms with Crippen molar-refractivity contribution in [3.63, 3.8) is 0 Å². The van der Waals surface area contributed by atoms with Gasteiger partial charge in [-0.1, -0.05) is 18.2 Å². The molecule has 0 radical (unpaired) electrons. The lowest BCUT2D eigenvalue weighted by Crippen LogP contribution is -2.26. The minimum absolute atomic E-state index is 0.118. The van der Waals surface area contributed by atoms with E-state index >= 15 is 0 Å². The Hall–Kier alpha value is -2.05. The molecule has 0 aliphatic carbocycles. The minimum Gasteiger partial charge on any atom is -0.304 e. The van der Waals surface area contributed by atoms with Gasteiger partial charge < -0.3 is 4.31 Å². The van der Waals surface area contributed by atoms with Gasteiger partial charge in [0.2, 0.25) is 5.91 Å². The van der Waals surface area contributed by atoms with Crippen molar-refractivity contribution in [2.75, 3.05) is 4.31 Å². The molecule has 2 heterocycles. The molecular formula is C14H13N3O2S. The van der Waals surface area contributed by atoms with E-state index < -0.39 is 5.91 Å². The van der Waals surface area contributed by atoms with Crippen molar-refractivity contribution in [1.82, 2.24) is 10.5 Å². The third-order valence-corrected chi connectivity index (χ3v) is 4.37. The largest absolute Gasteiger partial charge is 0.304 e. The van der Waals surface area contributed by atoms with Crippen LogP contribution in [-0.2, 0) is 4.79 Å². The Labute approximate surface area is 120 Å². The fraction of sp³-hybridized carbons (Fsp3) is 0.143. The maximum atomic E-state index is 11.5. The lowest BCUT2D eigenvalue weighted by molar-refractivity contribution is -0.129. The third-order valence-electron chi connectivity index (χ3n) is 3.17. The number of nitrogens with zero attached hydrogens (tertiary/aromatic N) is 2. The number of amides is 1. The summed E-state index contributed by atoms with van der Waals surface area (Å²) in [7, 11) is 0.